The smallest absolute Gasteiger partial charge is 0.246 e. The van der Waals surface area contributed by atoms with E-state index >= 15 is 0 Å². The third-order valence-corrected chi connectivity index (χ3v) is 4.86. The molecule has 1 aromatic heterocycles. The highest BCUT2D eigenvalue weighted by molar-refractivity contribution is 5.91. The van der Waals surface area contributed by atoms with Crippen LogP contribution in [0.15, 0.2) is 54.9 Å². The zero-order valence-corrected chi connectivity index (χ0v) is 15.6. The third kappa shape index (κ3) is 5.02. The Labute approximate surface area is 156 Å². The van der Waals surface area contributed by atoms with Gasteiger partial charge in [0, 0.05) is 51.2 Å². The van der Waals surface area contributed by atoms with Crippen molar-refractivity contribution in [2.45, 2.75) is 26.3 Å². The van der Waals surface area contributed by atoms with E-state index in [9.17, 15) is 4.79 Å². The number of hydrogen-bond donors (Lipinski definition) is 0. The van der Waals surface area contributed by atoms with Crippen LogP contribution in [0.2, 0.25) is 0 Å². The normalized spacial score (nSPS) is 15.7. The summed E-state index contributed by atoms with van der Waals surface area (Å²) < 4.78 is 0. The average Bonchev–Trinajstić information content (AvgIpc) is 2.68. The van der Waals surface area contributed by atoms with Gasteiger partial charge in [0.2, 0.25) is 5.91 Å². The van der Waals surface area contributed by atoms with Gasteiger partial charge in [-0.3, -0.25) is 14.7 Å². The monoisotopic (exact) mass is 349 g/mol. The summed E-state index contributed by atoms with van der Waals surface area (Å²) in [6, 6.07) is 12.5. The fraction of sp³-hybridized carbons (Fsp3) is 0.364. The molecule has 1 aliphatic rings. The van der Waals surface area contributed by atoms with Gasteiger partial charge in [-0.1, -0.05) is 38.1 Å². The summed E-state index contributed by atoms with van der Waals surface area (Å²) in [5, 5.41) is 0. The molecular formula is C22H27N3O. The van der Waals surface area contributed by atoms with E-state index in [4.69, 9.17) is 0 Å². The minimum atomic E-state index is 0.0986. The molecule has 0 aliphatic carbocycles. The van der Waals surface area contributed by atoms with Crippen molar-refractivity contribution in [3.05, 3.63) is 71.6 Å². The maximum Gasteiger partial charge on any atom is 0.246 e. The molecule has 1 aromatic carbocycles. The zero-order valence-electron chi connectivity index (χ0n) is 15.6. The largest absolute Gasteiger partial charge is 0.337 e. The maximum atomic E-state index is 12.4. The number of aromatic nitrogens is 1. The fourth-order valence-electron chi connectivity index (χ4n) is 3.14. The van der Waals surface area contributed by atoms with E-state index in [1.165, 1.54) is 11.1 Å². The number of carbonyl (C=O) groups is 1. The molecule has 3 rings (SSSR count). The first-order valence-electron chi connectivity index (χ1n) is 9.30. The highest BCUT2D eigenvalue weighted by Crippen LogP contribution is 2.15. The lowest BCUT2D eigenvalue weighted by atomic mass is 10.0. The van der Waals surface area contributed by atoms with Crippen LogP contribution in [0.5, 0.6) is 0 Å². The van der Waals surface area contributed by atoms with Crippen LogP contribution in [0.4, 0.5) is 0 Å². The number of piperazine rings is 1. The number of nitrogens with zero attached hydrogens (tertiary/aromatic N) is 3. The van der Waals surface area contributed by atoms with Crippen molar-refractivity contribution >= 4 is 12.0 Å². The van der Waals surface area contributed by atoms with Crippen LogP contribution in [-0.4, -0.2) is 46.9 Å². The Morgan fingerprint density at radius 1 is 1.04 bits per heavy atom. The summed E-state index contributed by atoms with van der Waals surface area (Å²) in [6.07, 6.45) is 7.26. The van der Waals surface area contributed by atoms with E-state index in [2.05, 4.69) is 48.0 Å². The quantitative estimate of drug-likeness (QED) is 0.775. The Kier molecular flexibility index (Phi) is 6.18. The summed E-state index contributed by atoms with van der Waals surface area (Å²) in [5.74, 6) is 0.625. The molecule has 0 atom stereocenters. The summed E-state index contributed by atoms with van der Waals surface area (Å²) in [7, 11) is 0. The second-order valence-corrected chi connectivity index (χ2v) is 7.11. The van der Waals surface area contributed by atoms with Gasteiger partial charge in [0.15, 0.2) is 0 Å². The minimum Gasteiger partial charge on any atom is -0.337 e. The fourth-order valence-corrected chi connectivity index (χ4v) is 3.14. The van der Waals surface area contributed by atoms with Crippen LogP contribution in [0.1, 0.15) is 36.5 Å². The second-order valence-electron chi connectivity index (χ2n) is 7.11. The molecule has 26 heavy (non-hydrogen) atoms. The number of carbonyl (C=O) groups excluding carboxylic acids is 1. The molecule has 4 nitrogen and oxygen atoms in total. The SMILES string of the molecule is CC(C)c1ccc(/C=C/C(=O)N2CCN(Cc3ccncc3)CC2)cc1. The first kappa shape index (κ1) is 18.3. The van der Waals surface area contributed by atoms with E-state index in [0.717, 1.165) is 38.3 Å². The first-order chi connectivity index (χ1) is 12.6. The van der Waals surface area contributed by atoms with Crippen LogP contribution in [0.3, 0.4) is 0 Å². The van der Waals surface area contributed by atoms with Gasteiger partial charge in [0.25, 0.3) is 0 Å². The zero-order chi connectivity index (χ0) is 18.4. The topological polar surface area (TPSA) is 36.4 Å². The third-order valence-electron chi connectivity index (χ3n) is 4.86. The van der Waals surface area contributed by atoms with Gasteiger partial charge < -0.3 is 4.90 Å². The Morgan fingerprint density at radius 2 is 1.69 bits per heavy atom. The van der Waals surface area contributed by atoms with Crippen LogP contribution < -0.4 is 0 Å². The van der Waals surface area contributed by atoms with Crippen molar-refractivity contribution in [2.75, 3.05) is 26.2 Å². The van der Waals surface area contributed by atoms with Gasteiger partial charge in [-0.05, 0) is 40.8 Å². The molecule has 0 N–H and O–H groups in total. The molecule has 1 saturated heterocycles. The lowest BCUT2D eigenvalue weighted by Crippen LogP contribution is -2.47. The molecule has 0 bridgehead atoms. The standard InChI is InChI=1S/C22H27N3O/c1-18(2)21-6-3-19(4-7-21)5-8-22(26)25-15-13-24(14-16-25)17-20-9-11-23-12-10-20/h3-12,18H,13-17H2,1-2H3/b8-5+. The van der Waals surface area contributed by atoms with Crippen LogP contribution >= 0.6 is 0 Å². The highest BCUT2D eigenvalue weighted by atomic mass is 16.2. The van der Waals surface area contributed by atoms with Gasteiger partial charge in [-0.25, -0.2) is 0 Å². The predicted molar refractivity (Wildman–Crippen MR) is 106 cm³/mol. The summed E-state index contributed by atoms with van der Waals surface area (Å²) >= 11 is 0. The van der Waals surface area contributed by atoms with Gasteiger partial charge in [0.05, 0.1) is 0 Å². The lowest BCUT2D eigenvalue weighted by molar-refractivity contribution is -0.127. The average molecular weight is 349 g/mol. The summed E-state index contributed by atoms with van der Waals surface area (Å²) in [6.45, 7) is 8.66. The van der Waals surface area contributed by atoms with Crippen molar-refractivity contribution < 1.29 is 4.79 Å². The summed E-state index contributed by atoms with van der Waals surface area (Å²) in [5.41, 5.74) is 3.65. The van der Waals surface area contributed by atoms with Crippen molar-refractivity contribution in [3.8, 4) is 0 Å². The molecule has 1 aliphatic heterocycles. The Balaban J connectivity index is 1.48. The molecule has 2 heterocycles. The van der Waals surface area contributed by atoms with E-state index in [1.807, 2.05) is 35.5 Å². The van der Waals surface area contributed by atoms with Gasteiger partial charge in [0.1, 0.15) is 0 Å². The molecule has 0 unspecified atom stereocenters. The van der Waals surface area contributed by atoms with E-state index < -0.39 is 0 Å². The van der Waals surface area contributed by atoms with Crippen molar-refractivity contribution in [3.63, 3.8) is 0 Å². The number of amides is 1. The molecule has 4 heteroatoms. The van der Waals surface area contributed by atoms with Gasteiger partial charge >= 0.3 is 0 Å². The maximum absolute atomic E-state index is 12.4. The van der Waals surface area contributed by atoms with Gasteiger partial charge in [-0.2, -0.15) is 0 Å². The lowest BCUT2D eigenvalue weighted by Gasteiger charge is -2.34. The van der Waals surface area contributed by atoms with E-state index in [0.29, 0.717) is 5.92 Å². The Morgan fingerprint density at radius 3 is 2.31 bits per heavy atom. The van der Waals surface area contributed by atoms with E-state index in [-0.39, 0.29) is 5.91 Å². The van der Waals surface area contributed by atoms with Crippen molar-refractivity contribution in [2.24, 2.45) is 0 Å². The highest BCUT2D eigenvalue weighted by Gasteiger charge is 2.19. The predicted octanol–water partition coefficient (Wildman–Crippen LogP) is 3.56. The Bertz CT molecular complexity index is 730. The molecule has 0 spiro atoms. The summed E-state index contributed by atoms with van der Waals surface area (Å²) in [4.78, 5) is 20.8. The molecule has 1 fully saturated rings. The van der Waals surface area contributed by atoms with Crippen LogP contribution in [-0.2, 0) is 11.3 Å². The van der Waals surface area contributed by atoms with Crippen molar-refractivity contribution in [1.29, 1.82) is 0 Å². The molecular weight excluding hydrogens is 322 g/mol. The van der Waals surface area contributed by atoms with E-state index in [1.54, 1.807) is 6.08 Å². The number of benzene rings is 1. The molecule has 136 valence electrons. The molecule has 1 amide bonds. The van der Waals surface area contributed by atoms with Crippen LogP contribution in [0.25, 0.3) is 6.08 Å². The first-order valence-corrected chi connectivity index (χ1v) is 9.30. The molecule has 0 saturated carbocycles. The van der Waals surface area contributed by atoms with Crippen molar-refractivity contribution in [1.82, 2.24) is 14.8 Å². The number of hydrogen-bond acceptors (Lipinski definition) is 3. The van der Waals surface area contributed by atoms with Crippen LogP contribution in [0, 0.1) is 0 Å². The molecule has 2 aromatic rings. The second kappa shape index (κ2) is 8.77. The number of rotatable bonds is 5. The Hall–Kier alpha value is -2.46. The van der Waals surface area contributed by atoms with Gasteiger partial charge in [-0.15, -0.1) is 0 Å². The minimum absolute atomic E-state index is 0.0986. The molecule has 0 radical (unpaired) electrons. The number of pyridine rings is 1.